The Morgan fingerprint density at radius 2 is 1.62 bits per heavy atom. The monoisotopic (exact) mass is 454 g/mol. The fourth-order valence-corrected chi connectivity index (χ4v) is 3.48. The smallest absolute Gasteiger partial charge is 0.307 e. The molecule has 0 heterocycles. The molecule has 3 aromatic rings. The van der Waals surface area contributed by atoms with Crippen molar-refractivity contribution in [2.75, 3.05) is 13.2 Å². The summed E-state index contributed by atoms with van der Waals surface area (Å²) >= 11 is 6.19. The van der Waals surface area contributed by atoms with E-state index >= 15 is 0 Å². The fraction of sp³-hybridized carbons (Fsp3) is 0.269. The van der Waals surface area contributed by atoms with Crippen LogP contribution in [0.2, 0.25) is 5.02 Å². The summed E-state index contributed by atoms with van der Waals surface area (Å²) in [5, 5.41) is 9.27. The molecule has 0 aliphatic carbocycles. The first-order chi connectivity index (χ1) is 15.5. The van der Waals surface area contributed by atoms with Crippen LogP contribution in [0, 0.1) is 0 Å². The lowest BCUT2D eigenvalue weighted by molar-refractivity contribution is -0.136. The average Bonchev–Trinajstić information content (AvgIpc) is 2.77. The lowest BCUT2D eigenvalue weighted by Gasteiger charge is -2.14. The molecule has 3 aromatic carbocycles. The first kappa shape index (κ1) is 23.5. The van der Waals surface area contributed by atoms with Crippen LogP contribution in [-0.2, 0) is 17.6 Å². The molecule has 0 aliphatic rings. The maximum atomic E-state index is 10.8. The second kappa shape index (κ2) is 12.0. The molecular weight excluding hydrogens is 428 g/mol. The van der Waals surface area contributed by atoms with Crippen molar-refractivity contribution in [1.82, 2.24) is 0 Å². The van der Waals surface area contributed by atoms with Crippen molar-refractivity contribution in [1.29, 1.82) is 0 Å². The summed E-state index contributed by atoms with van der Waals surface area (Å²) in [4.78, 5) is 10.8. The zero-order chi connectivity index (χ0) is 22.8. The number of carboxylic acids is 1. The van der Waals surface area contributed by atoms with Gasteiger partial charge in [-0.2, -0.15) is 0 Å². The molecule has 0 amide bonds. The molecule has 0 unspecified atom stereocenters. The van der Waals surface area contributed by atoms with E-state index in [1.807, 2.05) is 48.5 Å². The highest BCUT2D eigenvalue weighted by molar-refractivity contribution is 6.32. The van der Waals surface area contributed by atoms with Crippen LogP contribution < -0.4 is 14.2 Å². The van der Waals surface area contributed by atoms with Gasteiger partial charge in [0.15, 0.2) is 0 Å². The van der Waals surface area contributed by atoms with Crippen molar-refractivity contribution in [3.8, 4) is 23.0 Å². The summed E-state index contributed by atoms with van der Waals surface area (Å²) in [6.45, 7) is 3.08. The molecule has 0 atom stereocenters. The third-order valence-corrected chi connectivity index (χ3v) is 4.98. The lowest BCUT2D eigenvalue weighted by Crippen LogP contribution is -2.07. The minimum absolute atomic E-state index is 0.0664. The number of carboxylic acid groups (broad SMARTS) is 1. The van der Waals surface area contributed by atoms with Gasteiger partial charge in [0.05, 0.1) is 24.7 Å². The minimum atomic E-state index is -0.894. The van der Waals surface area contributed by atoms with Gasteiger partial charge in [0.1, 0.15) is 23.0 Å². The molecule has 0 bridgehead atoms. The number of hydrogen-bond acceptors (Lipinski definition) is 4. The zero-order valence-corrected chi connectivity index (χ0v) is 18.8. The molecule has 0 spiro atoms. The van der Waals surface area contributed by atoms with Crippen LogP contribution >= 0.6 is 11.6 Å². The highest BCUT2D eigenvalue weighted by atomic mass is 35.5. The number of hydrogen-bond donors (Lipinski definition) is 1. The molecule has 32 heavy (non-hydrogen) atoms. The van der Waals surface area contributed by atoms with E-state index in [1.54, 1.807) is 18.2 Å². The molecule has 0 aliphatic heterocycles. The van der Waals surface area contributed by atoms with E-state index in [2.05, 4.69) is 6.92 Å². The molecule has 0 fully saturated rings. The number of benzene rings is 3. The summed E-state index contributed by atoms with van der Waals surface area (Å²) in [5.74, 6) is 2.08. The zero-order valence-electron chi connectivity index (χ0n) is 18.1. The Hall–Kier alpha value is -3.18. The predicted octanol–water partition coefficient (Wildman–Crippen LogP) is 6.56. The van der Waals surface area contributed by atoms with Crippen molar-refractivity contribution in [2.24, 2.45) is 0 Å². The first-order valence-corrected chi connectivity index (χ1v) is 11.0. The summed E-state index contributed by atoms with van der Waals surface area (Å²) in [5.41, 5.74) is 1.75. The second-order valence-corrected chi connectivity index (χ2v) is 7.73. The molecule has 5 nitrogen and oxygen atoms in total. The van der Waals surface area contributed by atoms with E-state index in [1.165, 1.54) is 0 Å². The largest absolute Gasteiger partial charge is 0.493 e. The molecule has 0 aromatic heterocycles. The lowest BCUT2D eigenvalue weighted by atomic mass is 10.1. The molecule has 6 heteroatoms. The first-order valence-electron chi connectivity index (χ1n) is 10.7. The van der Waals surface area contributed by atoms with Crippen molar-refractivity contribution in [2.45, 2.75) is 32.6 Å². The maximum Gasteiger partial charge on any atom is 0.307 e. The van der Waals surface area contributed by atoms with Gasteiger partial charge in [-0.05, 0) is 60.0 Å². The van der Waals surface area contributed by atoms with Crippen molar-refractivity contribution in [3.05, 3.63) is 82.9 Å². The standard InChI is InChI=1S/C26H27ClO5/c1-2-7-20-18-22(32-21-8-4-3-5-9-21)11-13-24(20)30-14-6-15-31-25-12-10-19(16-23(25)27)17-26(28)29/h3-5,8-13,16,18H,2,6-7,14-15,17H2,1H3,(H,28,29). The molecule has 0 radical (unpaired) electrons. The van der Waals surface area contributed by atoms with Crippen LogP contribution in [0.5, 0.6) is 23.0 Å². The molecule has 3 rings (SSSR count). The molecule has 0 saturated carbocycles. The Balaban J connectivity index is 1.50. The third kappa shape index (κ3) is 7.20. The maximum absolute atomic E-state index is 10.8. The Bertz CT molecular complexity index is 1020. The van der Waals surface area contributed by atoms with Gasteiger partial charge in [-0.3, -0.25) is 4.79 Å². The van der Waals surface area contributed by atoms with E-state index in [9.17, 15) is 4.79 Å². The van der Waals surface area contributed by atoms with E-state index < -0.39 is 5.97 Å². The topological polar surface area (TPSA) is 65.0 Å². The molecule has 1 N–H and O–H groups in total. The Labute approximate surface area is 193 Å². The quantitative estimate of drug-likeness (QED) is 0.314. The van der Waals surface area contributed by atoms with Gasteiger partial charge in [-0.1, -0.05) is 49.2 Å². The fourth-order valence-electron chi connectivity index (χ4n) is 3.22. The van der Waals surface area contributed by atoms with Gasteiger partial charge < -0.3 is 19.3 Å². The molecular formula is C26H27ClO5. The Kier molecular flexibility index (Phi) is 8.81. The van der Waals surface area contributed by atoms with Crippen LogP contribution in [-0.4, -0.2) is 24.3 Å². The van der Waals surface area contributed by atoms with Gasteiger partial charge in [0, 0.05) is 6.42 Å². The third-order valence-electron chi connectivity index (χ3n) is 4.69. The second-order valence-electron chi connectivity index (χ2n) is 7.32. The van der Waals surface area contributed by atoms with Gasteiger partial charge >= 0.3 is 5.97 Å². The van der Waals surface area contributed by atoms with E-state index in [4.69, 9.17) is 30.9 Å². The summed E-state index contributed by atoms with van der Waals surface area (Å²) in [6.07, 6.45) is 2.52. The summed E-state index contributed by atoms with van der Waals surface area (Å²) < 4.78 is 17.6. The van der Waals surface area contributed by atoms with Crippen LogP contribution in [0.4, 0.5) is 0 Å². The van der Waals surface area contributed by atoms with Crippen LogP contribution in [0.3, 0.4) is 0 Å². The number of carbonyl (C=O) groups is 1. The van der Waals surface area contributed by atoms with Gasteiger partial charge in [0.25, 0.3) is 0 Å². The summed E-state index contributed by atoms with van der Waals surface area (Å²) in [7, 11) is 0. The van der Waals surface area contributed by atoms with Crippen LogP contribution in [0.1, 0.15) is 30.9 Å². The average molecular weight is 455 g/mol. The van der Waals surface area contributed by atoms with E-state index in [0.29, 0.717) is 36.0 Å². The minimum Gasteiger partial charge on any atom is -0.493 e. The van der Waals surface area contributed by atoms with E-state index in [0.717, 1.165) is 35.7 Å². The highest BCUT2D eigenvalue weighted by Gasteiger charge is 2.08. The van der Waals surface area contributed by atoms with Gasteiger partial charge in [-0.15, -0.1) is 0 Å². The number of aryl methyl sites for hydroxylation is 1. The number of halogens is 1. The number of ether oxygens (including phenoxy) is 3. The van der Waals surface area contributed by atoms with Crippen molar-refractivity contribution >= 4 is 17.6 Å². The summed E-state index contributed by atoms with van der Waals surface area (Å²) in [6, 6.07) is 20.6. The Morgan fingerprint density at radius 3 is 2.31 bits per heavy atom. The van der Waals surface area contributed by atoms with Crippen molar-refractivity contribution < 1.29 is 24.1 Å². The Morgan fingerprint density at radius 1 is 0.906 bits per heavy atom. The van der Waals surface area contributed by atoms with Gasteiger partial charge in [0.2, 0.25) is 0 Å². The normalized spacial score (nSPS) is 10.6. The molecule has 0 saturated heterocycles. The van der Waals surface area contributed by atoms with Crippen LogP contribution in [0.15, 0.2) is 66.7 Å². The van der Waals surface area contributed by atoms with Crippen LogP contribution in [0.25, 0.3) is 0 Å². The SMILES string of the molecule is CCCc1cc(Oc2ccccc2)ccc1OCCCOc1ccc(CC(=O)O)cc1Cl. The number of para-hydroxylation sites is 1. The highest BCUT2D eigenvalue weighted by Crippen LogP contribution is 2.29. The number of aliphatic carboxylic acids is 1. The van der Waals surface area contributed by atoms with Crippen molar-refractivity contribution in [3.63, 3.8) is 0 Å². The van der Waals surface area contributed by atoms with Gasteiger partial charge in [-0.25, -0.2) is 0 Å². The molecule has 168 valence electrons. The number of rotatable bonds is 12. The predicted molar refractivity (Wildman–Crippen MR) is 125 cm³/mol. The van der Waals surface area contributed by atoms with E-state index in [-0.39, 0.29) is 6.42 Å².